The molecule has 1 aromatic carbocycles. The van der Waals surface area contributed by atoms with Gasteiger partial charge in [0.25, 0.3) is 0 Å². The van der Waals surface area contributed by atoms with Crippen LogP contribution in [0.2, 0.25) is 0 Å². The fourth-order valence-electron chi connectivity index (χ4n) is 2.06. The Hall–Kier alpha value is -2.15. The summed E-state index contributed by atoms with van der Waals surface area (Å²) in [7, 11) is 3.23. The van der Waals surface area contributed by atoms with E-state index in [2.05, 4.69) is 15.5 Å². The van der Waals surface area contributed by atoms with Gasteiger partial charge in [-0.2, -0.15) is 0 Å². The molecule has 0 spiro atoms. The number of rotatable bonds is 5. The smallest absolute Gasteiger partial charge is 0.182 e. The van der Waals surface area contributed by atoms with Gasteiger partial charge in [-0.05, 0) is 42.5 Å². The number of tetrazole rings is 1. The largest absolute Gasteiger partial charge is 0.495 e. The van der Waals surface area contributed by atoms with E-state index in [4.69, 9.17) is 15.2 Å². The summed E-state index contributed by atoms with van der Waals surface area (Å²) >= 11 is 0. The first kappa shape index (κ1) is 14.3. The van der Waals surface area contributed by atoms with E-state index in [1.165, 1.54) is 0 Å². The summed E-state index contributed by atoms with van der Waals surface area (Å²) in [6.07, 6.45) is 0. The Morgan fingerprint density at radius 2 is 2.05 bits per heavy atom. The second-order valence-electron chi connectivity index (χ2n) is 5.12. The third-order valence-corrected chi connectivity index (χ3v) is 3.03. The van der Waals surface area contributed by atoms with Gasteiger partial charge in [0.2, 0.25) is 0 Å². The molecule has 0 aliphatic carbocycles. The minimum atomic E-state index is -0.359. The maximum absolute atomic E-state index is 5.93. The van der Waals surface area contributed by atoms with E-state index >= 15 is 0 Å². The summed E-state index contributed by atoms with van der Waals surface area (Å²) in [6, 6.07) is 5.47. The molecule has 0 atom stereocenters. The number of methoxy groups -OCH3 is 2. The van der Waals surface area contributed by atoms with Crippen LogP contribution in [-0.2, 0) is 10.3 Å². The number of aromatic nitrogens is 4. The average molecular weight is 277 g/mol. The molecule has 0 aliphatic rings. The highest BCUT2D eigenvalue weighted by atomic mass is 16.5. The van der Waals surface area contributed by atoms with E-state index in [0.717, 1.165) is 5.56 Å². The van der Waals surface area contributed by atoms with E-state index in [-0.39, 0.29) is 5.54 Å². The highest BCUT2D eigenvalue weighted by Crippen LogP contribution is 2.29. The van der Waals surface area contributed by atoms with Gasteiger partial charge >= 0.3 is 0 Å². The van der Waals surface area contributed by atoms with Crippen LogP contribution in [0.1, 0.15) is 13.8 Å². The van der Waals surface area contributed by atoms with Gasteiger partial charge in [0.1, 0.15) is 5.75 Å². The van der Waals surface area contributed by atoms with Gasteiger partial charge in [0.05, 0.1) is 24.9 Å². The Morgan fingerprint density at radius 3 is 2.65 bits per heavy atom. The number of hydrogen-bond donors (Lipinski definition) is 1. The standard InChI is InChI=1S/C13H19N5O2/c1-13(2,8-19-3)18-12(15-16-17-18)9-5-6-11(20-4)10(14)7-9/h5-7H,8,14H2,1-4H3. The van der Waals surface area contributed by atoms with Crippen LogP contribution in [0, 0.1) is 0 Å². The predicted molar refractivity (Wildman–Crippen MR) is 75.4 cm³/mol. The Bertz CT molecular complexity index is 594. The Labute approximate surface area is 117 Å². The molecule has 2 rings (SSSR count). The molecule has 7 nitrogen and oxygen atoms in total. The molecule has 0 saturated carbocycles. The van der Waals surface area contributed by atoms with Crippen LogP contribution < -0.4 is 10.5 Å². The molecular weight excluding hydrogens is 258 g/mol. The summed E-state index contributed by atoms with van der Waals surface area (Å²) in [5.41, 5.74) is 6.95. The number of anilines is 1. The number of nitrogen functional groups attached to an aromatic ring is 1. The van der Waals surface area contributed by atoms with Crippen LogP contribution in [0.25, 0.3) is 11.4 Å². The topological polar surface area (TPSA) is 88.1 Å². The molecule has 1 aromatic heterocycles. The van der Waals surface area contributed by atoms with E-state index in [1.807, 2.05) is 19.9 Å². The van der Waals surface area contributed by atoms with Crippen molar-refractivity contribution in [2.45, 2.75) is 19.4 Å². The lowest BCUT2D eigenvalue weighted by Gasteiger charge is -2.24. The lowest BCUT2D eigenvalue weighted by molar-refractivity contribution is 0.101. The molecule has 0 aliphatic heterocycles. The molecule has 2 N–H and O–H groups in total. The second kappa shape index (κ2) is 5.46. The number of nitrogens with zero attached hydrogens (tertiary/aromatic N) is 4. The van der Waals surface area contributed by atoms with Crippen LogP contribution in [-0.4, -0.2) is 41.0 Å². The first-order chi connectivity index (χ1) is 9.49. The van der Waals surface area contributed by atoms with Gasteiger partial charge in [0.15, 0.2) is 5.82 Å². The van der Waals surface area contributed by atoms with Gasteiger partial charge in [-0.1, -0.05) is 0 Å². The second-order valence-corrected chi connectivity index (χ2v) is 5.12. The summed E-state index contributed by atoms with van der Waals surface area (Å²) in [6.45, 7) is 4.50. The maximum atomic E-state index is 5.93. The lowest BCUT2D eigenvalue weighted by Crippen LogP contribution is -2.33. The highest BCUT2D eigenvalue weighted by molar-refractivity contribution is 5.66. The number of nitrogens with two attached hydrogens (primary N) is 1. The molecule has 0 bridgehead atoms. The number of ether oxygens (including phenoxy) is 2. The van der Waals surface area contributed by atoms with Crippen molar-refractivity contribution in [3.8, 4) is 17.1 Å². The van der Waals surface area contributed by atoms with Gasteiger partial charge in [-0.3, -0.25) is 0 Å². The lowest BCUT2D eigenvalue weighted by atomic mass is 10.1. The zero-order valence-electron chi connectivity index (χ0n) is 12.1. The minimum absolute atomic E-state index is 0.359. The van der Waals surface area contributed by atoms with Crippen LogP contribution in [0.15, 0.2) is 18.2 Å². The monoisotopic (exact) mass is 277 g/mol. The molecule has 1 heterocycles. The molecule has 0 fully saturated rings. The van der Waals surface area contributed by atoms with Gasteiger partial charge < -0.3 is 15.2 Å². The molecule has 0 saturated heterocycles. The summed E-state index contributed by atoms with van der Waals surface area (Å²) in [5, 5.41) is 11.9. The van der Waals surface area contributed by atoms with Crippen LogP contribution >= 0.6 is 0 Å². The fourth-order valence-corrected chi connectivity index (χ4v) is 2.06. The first-order valence-electron chi connectivity index (χ1n) is 6.21. The Balaban J connectivity index is 2.44. The van der Waals surface area contributed by atoms with Crippen molar-refractivity contribution in [3.05, 3.63) is 18.2 Å². The normalized spacial score (nSPS) is 11.6. The van der Waals surface area contributed by atoms with E-state index in [0.29, 0.717) is 23.9 Å². The highest BCUT2D eigenvalue weighted by Gasteiger charge is 2.26. The van der Waals surface area contributed by atoms with Crippen molar-refractivity contribution >= 4 is 5.69 Å². The summed E-state index contributed by atoms with van der Waals surface area (Å²) < 4.78 is 12.1. The molecule has 0 radical (unpaired) electrons. The zero-order chi connectivity index (χ0) is 14.8. The van der Waals surface area contributed by atoms with Crippen molar-refractivity contribution in [1.29, 1.82) is 0 Å². The van der Waals surface area contributed by atoms with Crippen molar-refractivity contribution in [1.82, 2.24) is 20.2 Å². The number of benzene rings is 1. The van der Waals surface area contributed by atoms with E-state index in [1.54, 1.807) is 31.0 Å². The third kappa shape index (κ3) is 2.57. The molecule has 7 heteroatoms. The SMILES string of the molecule is COCC(C)(C)n1nnnc1-c1ccc(OC)c(N)c1. The van der Waals surface area contributed by atoms with Gasteiger partial charge in [0, 0.05) is 12.7 Å². The number of hydrogen-bond acceptors (Lipinski definition) is 6. The summed E-state index contributed by atoms with van der Waals surface area (Å²) in [4.78, 5) is 0. The minimum Gasteiger partial charge on any atom is -0.495 e. The third-order valence-electron chi connectivity index (χ3n) is 3.03. The van der Waals surface area contributed by atoms with Crippen LogP contribution in [0.4, 0.5) is 5.69 Å². The predicted octanol–water partition coefficient (Wildman–Crippen LogP) is 1.31. The van der Waals surface area contributed by atoms with Crippen LogP contribution in [0.3, 0.4) is 0 Å². The van der Waals surface area contributed by atoms with Gasteiger partial charge in [-0.25, -0.2) is 4.68 Å². The molecular formula is C13H19N5O2. The van der Waals surface area contributed by atoms with E-state index < -0.39 is 0 Å². The Kier molecular flexibility index (Phi) is 3.89. The molecule has 0 amide bonds. The molecule has 2 aromatic rings. The van der Waals surface area contributed by atoms with Gasteiger partial charge in [-0.15, -0.1) is 5.10 Å². The molecule has 0 unspecified atom stereocenters. The molecule has 20 heavy (non-hydrogen) atoms. The fraction of sp³-hybridized carbons (Fsp3) is 0.462. The maximum Gasteiger partial charge on any atom is 0.182 e. The Morgan fingerprint density at radius 1 is 1.30 bits per heavy atom. The van der Waals surface area contributed by atoms with Crippen molar-refractivity contribution in [2.75, 3.05) is 26.6 Å². The molecule has 108 valence electrons. The summed E-state index contributed by atoms with van der Waals surface area (Å²) in [5.74, 6) is 1.27. The quantitative estimate of drug-likeness (QED) is 0.829. The van der Waals surface area contributed by atoms with Crippen molar-refractivity contribution in [3.63, 3.8) is 0 Å². The van der Waals surface area contributed by atoms with Crippen molar-refractivity contribution in [2.24, 2.45) is 0 Å². The van der Waals surface area contributed by atoms with E-state index in [9.17, 15) is 0 Å². The van der Waals surface area contributed by atoms with Crippen LogP contribution in [0.5, 0.6) is 5.75 Å². The zero-order valence-corrected chi connectivity index (χ0v) is 12.1. The van der Waals surface area contributed by atoms with Crippen molar-refractivity contribution < 1.29 is 9.47 Å². The average Bonchev–Trinajstić information content (AvgIpc) is 2.88. The first-order valence-corrected chi connectivity index (χ1v) is 6.21.